The average Bonchev–Trinajstić information content (AvgIpc) is 1.67. The Bertz CT molecular complexity index is 5620. The van der Waals surface area contributed by atoms with Crippen LogP contribution in [-0.4, -0.2) is 122 Å². The number of Topliss-reactive ketones (excluding diaryl/α,β-unsaturated/α-hetero) is 4. The Kier molecular flexibility index (Phi) is 24.9. The monoisotopic (exact) mass is 1870 g/mol. The zero-order valence-electron chi connectivity index (χ0n) is 84.7. The number of carbonyl (C=O) groups is 4. The lowest BCUT2D eigenvalue weighted by Gasteiger charge is -2.61. The van der Waals surface area contributed by atoms with Gasteiger partial charge in [0.05, 0.1) is 52.4 Å². The molecule has 0 radical (unpaired) electrons. The fourth-order valence-corrected chi connectivity index (χ4v) is 37.5. The van der Waals surface area contributed by atoms with E-state index < -0.39 is 22.4 Å². The highest BCUT2D eigenvalue weighted by atomic mass is 32.2. The lowest BCUT2D eigenvalue weighted by atomic mass is 9.44. The van der Waals surface area contributed by atoms with Gasteiger partial charge in [0.25, 0.3) is 0 Å². The molecule has 736 valence electrons. The number of carbonyl (C=O) groups excluding carboxylic acids is 4. The highest BCUT2D eigenvalue weighted by molar-refractivity contribution is 7.98. The van der Waals surface area contributed by atoms with Crippen molar-refractivity contribution in [1.29, 1.82) is 0 Å². The third-order valence-electron chi connectivity index (χ3n) is 44.7. The maximum absolute atomic E-state index is 14.2. The number of hydrogen-bond acceptors (Lipinski definition) is 15. The van der Waals surface area contributed by atoms with Gasteiger partial charge in [-0.25, -0.2) is 13.5 Å². The van der Waals surface area contributed by atoms with Crippen LogP contribution in [-0.2, 0) is 45.4 Å². The van der Waals surface area contributed by atoms with Crippen molar-refractivity contribution in [3.05, 3.63) is 89.4 Å². The fourth-order valence-electron chi connectivity index (χ4n) is 37.1. The van der Waals surface area contributed by atoms with E-state index in [9.17, 15) is 48.4 Å². The molecule has 16 aliphatic rings. The quantitative estimate of drug-likeness (QED) is 0.0784. The lowest BCUT2D eigenvalue weighted by Crippen LogP contribution is -2.55. The van der Waals surface area contributed by atoms with Crippen molar-refractivity contribution in [2.45, 2.75) is 388 Å². The van der Waals surface area contributed by atoms with Crippen LogP contribution in [0.1, 0.15) is 331 Å². The van der Waals surface area contributed by atoms with Gasteiger partial charge in [0, 0.05) is 52.3 Å². The van der Waals surface area contributed by atoms with E-state index in [0.717, 1.165) is 167 Å². The first-order valence-electron chi connectivity index (χ1n) is 53.8. The summed E-state index contributed by atoms with van der Waals surface area (Å²) in [6, 6.07) is 12.6. The van der Waals surface area contributed by atoms with Crippen LogP contribution in [0.2, 0.25) is 0 Å². The molecule has 32 atom stereocenters. The second-order valence-electron chi connectivity index (χ2n) is 52.1. The van der Waals surface area contributed by atoms with Crippen LogP contribution in [0.5, 0.6) is 0 Å². The largest absolute Gasteiger partial charge is 0.390 e. The number of nitrogens with zero attached hydrogens (tertiary/aromatic N) is 10. The van der Waals surface area contributed by atoms with Crippen LogP contribution in [0.15, 0.2) is 66.0 Å². The van der Waals surface area contributed by atoms with Crippen molar-refractivity contribution >= 4 is 67.9 Å². The van der Waals surface area contributed by atoms with Crippen LogP contribution in [0.3, 0.4) is 0 Å². The molecule has 16 fully saturated rings. The highest BCUT2D eigenvalue weighted by Gasteiger charge is 2.68. The van der Waals surface area contributed by atoms with E-state index in [-0.39, 0.29) is 81.6 Å². The number of fused-ring (bicyclic) bond motifs is 23. The molecule has 3 aromatic carbocycles. The van der Waals surface area contributed by atoms with E-state index in [1.807, 2.05) is 61.9 Å². The van der Waals surface area contributed by atoms with Crippen LogP contribution >= 0.6 is 11.8 Å². The van der Waals surface area contributed by atoms with Gasteiger partial charge in [0.1, 0.15) is 47.8 Å². The molecule has 4 heterocycles. The van der Waals surface area contributed by atoms with E-state index in [4.69, 9.17) is 0 Å². The Labute approximate surface area is 806 Å². The summed E-state index contributed by atoms with van der Waals surface area (Å²) in [5, 5.41) is 70.3. The smallest absolute Gasteiger partial charge is 0.159 e. The lowest BCUT2D eigenvalue weighted by molar-refractivity contribution is -0.151. The molecule has 18 nitrogen and oxygen atoms in total. The molecule has 23 rings (SSSR count). The number of aromatic nitrogens is 10. The summed E-state index contributed by atoms with van der Waals surface area (Å²) in [6.07, 6.45) is 48.4. The van der Waals surface area contributed by atoms with Crippen molar-refractivity contribution in [1.82, 2.24) is 49.5 Å². The molecular formula is C114H162F2N10O8S. The maximum atomic E-state index is 14.2. The number of hydrogen-bond donors (Lipinski definition) is 4. The average molecular weight is 1870 g/mol. The summed E-state index contributed by atoms with van der Waals surface area (Å²) in [6.45, 7) is 34.7. The van der Waals surface area contributed by atoms with Crippen molar-refractivity contribution in [3.8, 4) is 0 Å². The first-order chi connectivity index (χ1) is 63.8. The predicted molar refractivity (Wildman–Crippen MR) is 526 cm³/mol. The predicted octanol–water partition coefficient (Wildman–Crippen LogP) is 23.6. The summed E-state index contributed by atoms with van der Waals surface area (Å²) in [5.41, 5.74) is 5.66. The van der Waals surface area contributed by atoms with Gasteiger partial charge in [-0.15, -0.1) is 16.9 Å². The van der Waals surface area contributed by atoms with E-state index in [1.165, 1.54) is 138 Å². The Balaban J connectivity index is 0.000000112. The Morgan fingerprint density at radius 3 is 1.12 bits per heavy atom. The van der Waals surface area contributed by atoms with Crippen LogP contribution in [0, 0.1) is 194 Å². The van der Waals surface area contributed by atoms with Gasteiger partial charge in [-0.05, 0) is 459 Å². The highest BCUT2D eigenvalue weighted by Crippen LogP contribution is 2.74. The van der Waals surface area contributed by atoms with Crippen molar-refractivity contribution in [2.75, 3.05) is 6.26 Å². The van der Waals surface area contributed by atoms with Crippen molar-refractivity contribution in [2.24, 2.45) is 162 Å². The second kappa shape index (κ2) is 34.9. The van der Waals surface area contributed by atoms with E-state index in [1.54, 1.807) is 42.4 Å². The Morgan fingerprint density at radius 1 is 0.370 bits per heavy atom. The standard InChI is InChI=1S/C30H42N2O2.2C29H40FN3O2.C26H40N2O2S/c1-19-5-6-20-17-31-32(26(20)15-19)18-27(33)25-10-9-23-22-8-7-21-16-28(2,34)13-14-29(21,3)24(22)11-12-30(23,25)4;1-17-13-24-25(14-23(17)30)33(32-31-24)16-26(34)22-8-7-20-19-6-5-18-15-27(2,35)11-12-28(18,3)21(19)9-10-29(20,22)4;1-17-13-24-25(14-23(17)30)32-33(31-24)16-26(34)22-8-7-20-19-6-5-18-15-27(2,35)11-12-28(18,3)21(19)9-10-29(20,22)4;1-24(30)11-12-25(2)17(13-24)5-6-19-20-7-8-22(26(20,3)10-9-21(19)25)23(29)16-28-15-18(31-4)14-27-28/h5-6,15,17,21-25,34H,7-14,16,18H2,1-4H3;2*13-14,18-22,35H,5-12,15-16H2,1-4H3;14-15,17,19-22,30H,5-13,16H2,1-4H3/t21-,22+,23+,24+,25-,28-,29+,30+;2*18-,19+,20+,21+,22-,27-,28+,29+;17-,19+,20+,21+,22-,24-,25+,26+/m1111/s1. The third-order valence-corrected chi connectivity index (χ3v) is 45.4. The molecule has 4 aromatic heterocycles. The molecular weight excluding hydrogens is 1710 g/mol. The molecule has 7 aromatic rings. The van der Waals surface area contributed by atoms with Gasteiger partial charge in [0.2, 0.25) is 0 Å². The van der Waals surface area contributed by atoms with Gasteiger partial charge < -0.3 is 20.4 Å². The molecule has 16 aliphatic carbocycles. The molecule has 21 heteroatoms. The minimum atomic E-state index is -0.502. The van der Waals surface area contributed by atoms with E-state index in [2.05, 4.69) is 111 Å². The number of aryl methyl sites for hydroxylation is 3. The summed E-state index contributed by atoms with van der Waals surface area (Å²) in [5.74, 6) is 12.2. The molecule has 16 saturated carbocycles. The summed E-state index contributed by atoms with van der Waals surface area (Å²) in [4.78, 5) is 57.0. The fraction of sp³-hybridized carbons (Fsp3) is 0.772. The van der Waals surface area contributed by atoms with Gasteiger partial charge in [0.15, 0.2) is 23.1 Å². The molecule has 4 N–H and O–H groups in total. The summed E-state index contributed by atoms with van der Waals surface area (Å²) in [7, 11) is 0. The number of halogens is 2. The zero-order valence-corrected chi connectivity index (χ0v) is 85.5. The first-order valence-corrected chi connectivity index (χ1v) is 55.0. The van der Waals surface area contributed by atoms with E-state index in [0.29, 0.717) is 139 Å². The van der Waals surface area contributed by atoms with Crippen LogP contribution in [0.25, 0.3) is 33.0 Å². The molecule has 0 bridgehead atoms. The normalized spacial score (nSPS) is 44.1. The van der Waals surface area contributed by atoms with E-state index >= 15 is 0 Å². The minimum absolute atomic E-state index is 0.0415. The summed E-state index contributed by atoms with van der Waals surface area (Å²) >= 11 is 1.68. The first kappa shape index (κ1) is 96.4. The number of aliphatic hydroxyl groups is 4. The van der Waals surface area contributed by atoms with Crippen molar-refractivity contribution < 1.29 is 48.4 Å². The molecule has 0 saturated heterocycles. The van der Waals surface area contributed by atoms with Gasteiger partial charge >= 0.3 is 0 Å². The van der Waals surface area contributed by atoms with Gasteiger partial charge in [-0.1, -0.05) is 72.7 Å². The Hall–Kier alpha value is -6.13. The summed E-state index contributed by atoms with van der Waals surface area (Å²) < 4.78 is 33.5. The molecule has 0 unspecified atom stereocenters. The van der Waals surface area contributed by atoms with Crippen LogP contribution in [0.4, 0.5) is 8.78 Å². The van der Waals surface area contributed by atoms with Gasteiger partial charge in [-0.2, -0.15) is 25.2 Å². The third kappa shape index (κ3) is 16.7. The molecule has 135 heavy (non-hydrogen) atoms. The molecule has 0 spiro atoms. The van der Waals surface area contributed by atoms with Gasteiger partial charge in [-0.3, -0.25) is 28.5 Å². The minimum Gasteiger partial charge on any atom is -0.390 e. The number of rotatable bonds is 13. The number of benzene rings is 3. The maximum Gasteiger partial charge on any atom is 0.159 e. The molecule has 0 amide bonds. The topological polar surface area (TPSA) is 246 Å². The number of thioether (sulfide) groups is 1. The van der Waals surface area contributed by atoms with Crippen LogP contribution < -0.4 is 0 Å². The number of ketones is 4. The second-order valence-corrected chi connectivity index (χ2v) is 53.0. The molecule has 0 aliphatic heterocycles. The van der Waals surface area contributed by atoms with Crippen molar-refractivity contribution in [3.63, 3.8) is 0 Å². The zero-order chi connectivity index (χ0) is 95.4. The SMILES string of the molecule is CSc1cnn(CC(=O)[C@H]2CC[C@H]3[C@@H]4CC[C@@H]5C[C@](C)(O)CC[C@]5(C)[C@H]4CC[C@]23C)c1.Cc1cc2nn(CC(=O)[C@H]3CC[C@H]4[C@@H]5CC[C@@H]6C[C@](C)(O)CC[C@]6(C)[C@H]5CC[C@]34C)nc2cc1F.Cc1cc2nnn(CC(=O)[C@H]3CC[C@H]4[C@@H]5CC[C@@H]6C[C@](C)(O)CC[C@]6(C)[C@H]5CC[C@]34C)c2cc1F.Cc1ccc2cnn(CC(=O)[C@H]3CC[C@H]4[C@@H]5CC[C@@H]6C[C@](C)(O)CC[C@]6(C)[C@H]5CC[C@]34C)c2c1. The Morgan fingerprint density at radius 2 is 0.726 bits per heavy atom.